The molecule has 0 saturated carbocycles. The lowest BCUT2D eigenvalue weighted by molar-refractivity contribution is -0.143. The van der Waals surface area contributed by atoms with E-state index in [2.05, 4.69) is 40.9 Å². The third-order valence-corrected chi connectivity index (χ3v) is 5.36. The topological polar surface area (TPSA) is 39.7 Å². The standard InChI is InChI=1S/C16H25F3N4S.HI/c1-15(2,13-5-4-8-24-13)10-21-14(20-3)22-12-6-7-23(9-12)11-16(17,18)19;/h4-5,8,12H,6-7,9-11H2,1-3H3,(H2,20,21,22);1H. The smallest absolute Gasteiger partial charge is 0.356 e. The van der Waals surface area contributed by atoms with E-state index in [4.69, 9.17) is 0 Å². The van der Waals surface area contributed by atoms with Gasteiger partial charge in [0.05, 0.1) is 6.54 Å². The van der Waals surface area contributed by atoms with Crippen LogP contribution in [0.2, 0.25) is 0 Å². The van der Waals surface area contributed by atoms with Gasteiger partial charge >= 0.3 is 6.18 Å². The zero-order valence-corrected chi connectivity index (χ0v) is 17.8. The Morgan fingerprint density at radius 3 is 2.68 bits per heavy atom. The van der Waals surface area contributed by atoms with Gasteiger partial charge in [-0.2, -0.15) is 13.2 Å². The van der Waals surface area contributed by atoms with Crippen molar-refractivity contribution in [1.29, 1.82) is 0 Å². The van der Waals surface area contributed by atoms with Crippen molar-refractivity contribution in [2.45, 2.75) is 37.9 Å². The molecule has 9 heteroatoms. The Bertz CT molecular complexity index is 546. The molecule has 1 saturated heterocycles. The molecule has 1 aliphatic heterocycles. The molecule has 2 rings (SSSR count). The molecule has 4 nitrogen and oxygen atoms in total. The molecule has 2 N–H and O–H groups in total. The first-order valence-electron chi connectivity index (χ1n) is 8.00. The van der Waals surface area contributed by atoms with Crippen molar-refractivity contribution in [3.05, 3.63) is 22.4 Å². The number of nitrogens with one attached hydrogen (secondary N) is 2. The van der Waals surface area contributed by atoms with Crippen molar-refractivity contribution in [3.8, 4) is 0 Å². The average Bonchev–Trinajstić information content (AvgIpc) is 3.13. The largest absolute Gasteiger partial charge is 0.401 e. The minimum Gasteiger partial charge on any atom is -0.356 e. The molecule has 1 aromatic rings. The molecule has 1 fully saturated rings. The highest BCUT2D eigenvalue weighted by atomic mass is 127. The van der Waals surface area contributed by atoms with E-state index in [-0.39, 0.29) is 35.4 Å². The summed E-state index contributed by atoms with van der Waals surface area (Å²) in [5.41, 5.74) is -0.0379. The van der Waals surface area contributed by atoms with Crippen LogP contribution in [0.3, 0.4) is 0 Å². The van der Waals surface area contributed by atoms with Crippen LogP contribution in [0.15, 0.2) is 22.5 Å². The van der Waals surface area contributed by atoms with Crippen molar-refractivity contribution in [2.75, 3.05) is 33.2 Å². The summed E-state index contributed by atoms with van der Waals surface area (Å²) in [5, 5.41) is 8.58. The van der Waals surface area contributed by atoms with Gasteiger partial charge in [0.2, 0.25) is 0 Å². The molecule has 1 aromatic heterocycles. The Morgan fingerprint density at radius 1 is 1.40 bits per heavy atom. The van der Waals surface area contributed by atoms with Crippen LogP contribution in [0.4, 0.5) is 13.2 Å². The molecule has 0 radical (unpaired) electrons. The minimum absolute atomic E-state index is 0. The Balaban J connectivity index is 0.00000312. The maximum absolute atomic E-state index is 12.5. The average molecular weight is 490 g/mol. The van der Waals surface area contributed by atoms with E-state index in [1.807, 2.05) is 6.07 Å². The van der Waals surface area contributed by atoms with Crippen LogP contribution in [0.25, 0.3) is 0 Å². The molecule has 0 spiro atoms. The van der Waals surface area contributed by atoms with E-state index in [0.29, 0.717) is 32.0 Å². The number of aliphatic imine (C=N–C) groups is 1. The number of nitrogens with zero attached hydrogens (tertiary/aromatic N) is 2. The van der Waals surface area contributed by atoms with Gasteiger partial charge in [0.1, 0.15) is 0 Å². The summed E-state index contributed by atoms with van der Waals surface area (Å²) in [4.78, 5) is 6.90. The van der Waals surface area contributed by atoms with E-state index >= 15 is 0 Å². The van der Waals surface area contributed by atoms with Crippen LogP contribution in [0, 0.1) is 0 Å². The molecule has 144 valence electrons. The van der Waals surface area contributed by atoms with Crippen LogP contribution < -0.4 is 10.6 Å². The predicted octanol–water partition coefficient (Wildman–Crippen LogP) is 3.45. The number of hydrogen-bond donors (Lipinski definition) is 2. The zero-order valence-electron chi connectivity index (χ0n) is 14.7. The molecule has 25 heavy (non-hydrogen) atoms. The lowest BCUT2D eigenvalue weighted by atomic mass is 9.91. The summed E-state index contributed by atoms with van der Waals surface area (Å²) in [5.74, 6) is 0.637. The first-order chi connectivity index (χ1) is 11.2. The van der Waals surface area contributed by atoms with Gasteiger partial charge in [-0.25, -0.2) is 0 Å². The number of rotatable bonds is 5. The molecule has 0 bridgehead atoms. The molecule has 0 aliphatic carbocycles. The van der Waals surface area contributed by atoms with E-state index in [1.54, 1.807) is 18.4 Å². The third-order valence-electron chi connectivity index (χ3n) is 4.13. The van der Waals surface area contributed by atoms with Crippen molar-refractivity contribution in [1.82, 2.24) is 15.5 Å². The molecular formula is C16H26F3IN4S. The second kappa shape index (κ2) is 9.40. The maximum atomic E-state index is 12.5. The lowest BCUT2D eigenvalue weighted by Crippen LogP contribution is -2.48. The van der Waals surface area contributed by atoms with Gasteiger partial charge in [0, 0.05) is 43.0 Å². The molecule has 0 amide bonds. The highest BCUT2D eigenvalue weighted by Gasteiger charge is 2.34. The number of alkyl halides is 3. The van der Waals surface area contributed by atoms with Crippen molar-refractivity contribution >= 4 is 41.3 Å². The fourth-order valence-electron chi connectivity index (χ4n) is 2.79. The van der Waals surface area contributed by atoms with E-state index in [1.165, 1.54) is 9.78 Å². The first kappa shape index (κ1) is 22.5. The van der Waals surface area contributed by atoms with E-state index in [0.717, 1.165) is 0 Å². The van der Waals surface area contributed by atoms with Crippen LogP contribution in [-0.4, -0.2) is 56.3 Å². The number of likely N-dealkylation sites (tertiary alicyclic amines) is 1. The monoisotopic (exact) mass is 490 g/mol. The second-order valence-corrected chi connectivity index (χ2v) is 7.71. The summed E-state index contributed by atoms with van der Waals surface area (Å²) >= 11 is 1.71. The number of halogens is 4. The Hall–Kier alpha value is -0.550. The summed E-state index contributed by atoms with van der Waals surface area (Å²) in [7, 11) is 1.68. The molecule has 0 aromatic carbocycles. The maximum Gasteiger partial charge on any atom is 0.401 e. The number of hydrogen-bond acceptors (Lipinski definition) is 3. The van der Waals surface area contributed by atoms with E-state index in [9.17, 15) is 13.2 Å². The van der Waals surface area contributed by atoms with Gasteiger partial charge in [0.25, 0.3) is 0 Å². The second-order valence-electron chi connectivity index (χ2n) is 6.77. The predicted molar refractivity (Wildman–Crippen MR) is 108 cm³/mol. The molecule has 2 heterocycles. The van der Waals surface area contributed by atoms with Crippen LogP contribution in [0.1, 0.15) is 25.1 Å². The Morgan fingerprint density at radius 2 is 2.12 bits per heavy atom. The summed E-state index contributed by atoms with van der Waals surface area (Å²) in [6.07, 6.45) is -3.45. The van der Waals surface area contributed by atoms with E-state index < -0.39 is 12.7 Å². The molecular weight excluding hydrogens is 464 g/mol. The first-order valence-corrected chi connectivity index (χ1v) is 8.88. The Labute approximate surface area is 168 Å². The Kier molecular flexibility index (Phi) is 8.46. The normalized spacial score (nSPS) is 19.6. The van der Waals surface area contributed by atoms with Gasteiger partial charge in [-0.3, -0.25) is 9.89 Å². The summed E-state index contributed by atoms with van der Waals surface area (Å²) in [6, 6.07) is 4.13. The highest BCUT2D eigenvalue weighted by Crippen LogP contribution is 2.26. The number of thiophene rings is 1. The van der Waals surface area contributed by atoms with Gasteiger partial charge < -0.3 is 10.6 Å². The minimum atomic E-state index is -4.14. The van der Waals surface area contributed by atoms with Gasteiger partial charge in [-0.1, -0.05) is 19.9 Å². The highest BCUT2D eigenvalue weighted by molar-refractivity contribution is 14.0. The van der Waals surface area contributed by atoms with Gasteiger partial charge in [-0.15, -0.1) is 35.3 Å². The van der Waals surface area contributed by atoms with Gasteiger partial charge in [0.15, 0.2) is 5.96 Å². The van der Waals surface area contributed by atoms with Crippen LogP contribution in [-0.2, 0) is 5.41 Å². The number of guanidine groups is 1. The fraction of sp³-hybridized carbons (Fsp3) is 0.688. The zero-order chi connectivity index (χ0) is 17.8. The van der Waals surface area contributed by atoms with Gasteiger partial charge in [-0.05, 0) is 17.9 Å². The van der Waals surface area contributed by atoms with Crippen molar-refractivity contribution < 1.29 is 13.2 Å². The molecule has 1 atom stereocenters. The molecule has 1 aliphatic rings. The van der Waals surface area contributed by atoms with Crippen LogP contribution >= 0.6 is 35.3 Å². The summed E-state index contributed by atoms with van der Waals surface area (Å²) in [6.45, 7) is 5.00. The van der Waals surface area contributed by atoms with Crippen LogP contribution in [0.5, 0.6) is 0 Å². The fourth-order valence-corrected chi connectivity index (χ4v) is 3.64. The quantitative estimate of drug-likeness (QED) is 0.378. The third kappa shape index (κ3) is 7.30. The lowest BCUT2D eigenvalue weighted by Gasteiger charge is -2.26. The van der Waals surface area contributed by atoms with Crippen molar-refractivity contribution in [2.24, 2.45) is 4.99 Å². The SMILES string of the molecule is CN=C(NCC(C)(C)c1cccs1)NC1CCN(CC(F)(F)F)C1.I. The summed E-state index contributed by atoms with van der Waals surface area (Å²) < 4.78 is 37.4. The molecule has 1 unspecified atom stereocenters. The van der Waals surface area contributed by atoms with Crippen molar-refractivity contribution in [3.63, 3.8) is 0 Å².